The van der Waals surface area contributed by atoms with Crippen molar-refractivity contribution in [2.75, 3.05) is 0 Å². The number of hydrogen-bond acceptors (Lipinski definition) is 2. The Morgan fingerprint density at radius 1 is 0.950 bits per heavy atom. The van der Waals surface area contributed by atoms with E-state index in [9.17, 15) is 8.78 Å². The van der Waals surface area contributed by atoms with Gasteiger partial charge in [0, 0.05) is 0 Å². The molecule has 5 heteroatoms. The summed E-state index contributed by atoms with van der Waals surface area (Å²) in [4.78, 5) is 0. The van der Waals surface area contributed by atoms with Crippen molar-refractivity contribution in [1.29, 1.82) is 0 Å². The Morgan fingerprint density at radius 3 is 2.45 bits per heavy atom. The van der Waals surface area contributed by atoms with Crippen LogP contribution in [0, 0.1) is 11.6 Å². The second kappa shape index (κ2) is 5.13. The molecule has 1 heterocycles. The van der Waals surface area contributed by atoms with Crippen molar-refractivity contribution in [1.82, 2.24) is 9.78 Å². The number of benzene rings is 2. The Bertz CT molecular complexity index is 723. The first-order chi connectivity index (χ1) is 9.72. The molecule has 0 spiro atoms. The third-order valence-electron chi connectivity index (χ3n) is 2.71. The Balaban J connectivity index is 1.84. The third-order valence-corrected chi connectivity index (χ3v) is 2.71. The van der Waals surface area contributed by atoms with Crippen LogP contribution in [0.5, 0.6) is 11.5 Å². The molecule has 0 unspecified atom stereocenters. The molecule has 1 aromatic heterocycles. The van der Waals surface area contributed by atoms with Crippen LogP contribution in [0.15, 0.2) is 60.9 Å². The summed E-state index contributed by atoms with van der Waals surface area (Å²) in [6.45, 7) is 0. The van der Waals surface area contributed by atoms with Gasteiger partial charge in [-0.15, -0.1) is 0 Å². The molecule has 3 rings (SSSR count). The molecule has 2 aromatic carbocycles. The minimum absolute atomic E-state index is 0.131. The second-order valence-corrected chi connectivity index (χ2v) is 4.13. The highest BCUT2D eigenvalue weighted by atomic mass is 19.1. The number of aromatic nitrogens is 2. The smallest absolute Gasteiger partial charge is 0.165 e. The first-order valence-corrected chi connectivity index (χ1v) is 5.95. The van der Waals surface area contributed by atoms with E-state index in [1.807, 2.05) is 0 Å². The van der Waals surface area contributed by atoms with Crippen molar-refractivity contribution >= 4 is 0 Å². The summed E-state index contributed by atoms with van der Waals surface area (Å²) >= 11 is 0. The fourth-order valence-electron chi connectivity index (χ4n) is 1.75. The molecular weight excluding hydrogens is 262 g/mol. The van der Waals surface area contributed by atoms with Crippen LogP contribution in [0.1, 0.15) is 0 Å². The molecule has 0 aliphatic rings. The van der Waals surface area contributed by atoms with E-state index in [1.54, 1.807) is 30.5 Å². The monoisotopic (exact) mass is 272 g/mol. The zero-order chi connectivity index (χ0) is 13.9. The van der Waals surface area contributed by atoms with Crippen molar-refractivity contribution in [2.45, 2.75) is 0 Å². The summed E-state index contributed by atoms with van der Waals surface area (Å²) in [6.07, 6.45) is 3.06. The standard InChI is InChI=1S/C15H10F2N2O/c16-11-5-7-12(8-6-11)19-10-13(9-18-19)20-15-4-2-1-3-14(15)17/h1-10H. The van der Waals surface area contributed by atoms with E-state index in [1.165, 1.54) is 35.1 Å². The molecule has 100 valence electrons. The molecule has 0 N–H and O–H groups in total. The zero-order valence-corrected chi connectivity index (χ0v) is 10.3. The van der Waals surface area contributed by atoms with E-state index in [0.717, 1.165) is 0 Å². The highest BCUT2D eigenvalue weighted by Gasteiger charge is 2.06. The summed E-state index contributed by atoms with van der Waals surface area (Å²) in [5.41, 5.74) is 0.690. The SMILES string of the molecule is Fc1ccc(-n2cc(Oc3ccccc3F)cn2)cc1. The summed E-state index contributed by atoms with van der Waals surface area (Å²) in [6, 6.07) is 12.0. The van der Waals surface area contributed by atoms with E-state index in [2.05, 4.69) is 5.10 Å². The van der Waals surface area contributed by atoms with E-state index in [-0.39, 0.29) is 11.6 Å². The van der Waals surface area contributed by atoms with Gasteiger partial charge in [-0.3, -0.25) is 0 Å². The molecule has 3 aromatic rings. The van der Waals surface area contributed by atoms with Crippen molar-refractivity contribution in [3.8, 4) is 17.2 Å². The number of nitrogens with zero attached hydrogens (tertiary/aromatic N) is 2. The maximum absolute atomic E-state index is 13.5. The number of ether oxygens (including phenoxy) is 1. The van der Waals surface area contributed by atoms with E-state index >= 15 is 0 Å². The maximum atomic E-state index is 13.5. The molecule has 0 aliphatic heterocycles. The fourth-order valence-corrected chi connectivity index (χ4v) is 1.75. The largest absolute Gasteiger partial charge is 0.451 e. The Labute approximate surface area is 114 Å². The molecule has 0 saturated carbocycles. The van der Waals surface area contributed by atoms with Gasteiger partial charge in [0.05, 0.1) is 18.1 Å². The van der Waals surface area contributed by atoms with Gasteiger partial charge in [0.1, 0.15) is 5.82 Å². The molecule has 20 heavy (non-hydrogen) atoms. The van der Waals surface area contributed by atoms with E-state index < -0.39 is 5.82 Å². The molecule has 0 fully saturated rings. The molecular formula is C15H10F2N2O. The number of rotatable bonds is 3. The number of hydrogen-bond donors (Lipinski definition) is 0. The van der Waals surface area contributed by atoms with Gasteiger partial charge in [-0.25, -0.2) is 13.5 Å². The highest BCUT2D eigenvalue weighted by molar-refractivity contribution is 5.34. The summed E-state index contributed by atoms with van der Waals surface area (Å²) in [5.74, 6) is -0.226. The van der Waals surface area contributed by atoms with E-state index in [0.29, 0.717) is 11.4 Å². The molecule has 0 saturated heterocycles. The molecule has 0 atom stereocenters. The molecule has 3 nitrogen and oxygen atoms in total. The van der Waals surface area contributed by atoms with Crippen molar-refractivity contribution in [3.05, 3.63) is 72.6 Å². The van der Waals surface area contributed by atoms with Crippen LogP contribution in [-0.4, -0.2) is 9.78 Å². The van der Waals surface area contributed by atoms with Gasteiger partial charge in [0.15, 0.2) is 17.3 Å². The average Bonchev–Trinajstić information content (AvgIpc) is 2.91. The minimum Gasteiger partial charge on any atom is -0.451 e. The topological polar surface area (TPSA) is 27.1 Å². The lowest BCUT2D eigenvalue weighted by Crippen LogP contribution is -1.93. The van der Waals surface area contributed by atoms with Crippen LogP contribution < -0.4 is 4.74 Å². The zero-order valence-electron chi connectivity index (χ0n) is 10.3. The van der Waals surface area contributed by atoms with Gasteiger partial charge in [0.25, 0.3) is 0 Å². The minimum atomic E-state index is -0.443. The van der Waals surface area contributed by atoms with Crippen LogP contribution in [0.2, 0.25) is 0 Å². The Hall–Kier alpha value is -2.69. The maximum Gasteiger partial charge on any atom is 0.165 e. The molecule has 0 aliphatic carbocycles. The summed E-state index contributed by atoms with van der Waals surface area (Å²) < 4.78 is 33.2. The van der Waals surface area contributed by atoms with Crippen LogP contribution in [0.4, 0.5) is 8.78 Å². The first-order valence-electron chi connectivity index (χ1n) is 5.95. The summed E-state index contributed by atoms with van der Waals surface area (Å²) in [7, 11) is 0. The normalized spacial score (nSPS) is 10.5. The van der Waals surface area contributed by atoms with Gasteiger partial charge in [-0.2, -0.15) is 5.10 Å². The van der Waals surface area contributed by atoms with Crippen LogP contribution in [0.3, 0.4) is 0 Å². The van der Waals surface area contributed by atoms with Gasteiger partial charge in [0.2, 0.25) is 0 Å². The van der Waals surface area contributed by atoms with Crippen LogP contribution in [0.25, 0.3) is 5.69 Å². The quantitative estimate of drug-likeness (QED) is 0.722. The van der Waals surface area contributed by atoms with Gasteiger partial charge < -0.3 is 4.74 Å². The number of para-hydroxylation sites is 1. The Morgan fingerprint density at radius 2 is 1.70 bits per heavy atom. The average molecular weight is 272 g/mol. The molecule has 0 amide bonds. The molecule has 0 radical (unpaired) electrons. The van der Waals surface area contributed by atoms with Crippen molar-refractivity contribution < 1.29 is 13.5 Å². The second-order valence-electron chi connectivity index (χ2n) is 4.13. The van der Waals surface area contributed by atoms with Crippen molar-refractivity contribution in [3.63, 3.8) is 0 Å². The van der Waals surface area contributed by atoms with Gasteiger partial charge in [-0.1, -0.05) is 12.1 Å². The predicted octanol–water partition coefficient (Wildman–Crippen LogP) is 3.94. The third kappa shape index (κ3) is 2.51. The van der Waals surface area contributed by atoms with Crippen molar-refractivity contribution in [2.24, 2.45) is 0 Å². The van der Waals surface area contributed by atoms with Crippen LogP contribution >= 0.6 is 0 Å². The van der Waals surface area contributed by atoms with Gasteiger partial charge >= 0.3 is 0 Å². The lowest BCUT2D eigenvalue weighted by atomic mass is 10.3. The first kappa shape index (κ1) is 12.3. The lowest BCUT2D eigenvalue weighted by Gasteiger charge is -2.03. The summed E-state index contributed by atoms with van der Waals surface area (Å²) in [5, 5.41) is 4.09. The lowest BCUT2D eigenvalue weighted by molar-refractivity contribution is 0.442. The number of halogens is 2. The molecule has 0 bridgehead atoms. The highest BCUT2D eigenvalue weighted by Crippen LogP contribution is 2.24. The van der Waals surface area contributed by atoms with E-state index in [4.69, 9.17) is 4.74 Å². The Kier molecular flexibility index (Phi) is 3.16. The predicted molar refractivity (Wildman–Crippen MR) is 70.0 cm³/mol. The van der Waals surface area contributed by atoms with Crippen LogP contribution in [-0.2, 0) is 0 Å². The van der Waals surface area contributed by atoms with Gasteiger partial charge in [-0.05, 0) is 36.4 Å². The fraction of sp³-hybridized carbons (Fsp3) is 0.